The van der Waals surface area contributed by atoms with Crippen LogP contribution in [0.15, 0.2) is 39.8 Å². The summed E-state index contributed by atoms with van der Waals surface area (Å²) in [7, 11) is 0. The molecule has 1 nitrogen and oxygen atoms in total. The fourth-order valence-corrected chi connectivity index (χ4v) is 3.92. The smallest absolute Gasteiger partial charge is 0.0795 e. The number of hydrogen-bond acceptors (Lipinski definition) is 3. The van der Waals surface area contributed by atoms with Crippen LogP contribution in [0.2, 0.25) is 0 Å². The average Bonchev–Trinajstić information content (AvgIpc) is 2.98. The van der Waals surface area contributed by atoms with Gasteiger partial charge in [0, 0.05) is 38.5 Å². The van der Waals surface area contributed by atoms with Gasteiger partial charge in [0.05, 0.1) is 5.52 Å². The van der Waals surface area contributed by atoms with Gasteiger partial charge in [-0.15, -0.1) is 0 Å². The second-order valence-corrected chi connectivity index (χ2v) is 5.28. The zero-order chi connectivity index (χ0) is 10.5. The first-order chi connectivity index (χ1) is 7.95. The number of hydrogen-bond donors (Lipinski definition) is 0. The Bertz CT molecular complexity index is 741. The van der Waals surface area contributed by atoms with Crippen molar-refractivity contribution in [2.24, 2.45) is 0 Å². The summed E-state index contributed by atoms with van der Waals surface area (Å²) in [5.41, 5.74) is 1.13. The molecule has 0 fully saturated rings. The van der Waals surface area contributed by atoms with Crippen LogP contribution in [0.1, 0.15) is 0 Å². The third-order valence-electron chi connectivity index (χ3n) is 2.97. The van der Waals surface area contributed by atoms with Crippen LogP contribution in [0.25, 0.3) is 32.4 Å². The predicted molar refractivity (Wildman–Crippen MR) is 72.5 cm³/mol. The number of thiophene rings is 2. The minimum absolute atomic E-state index is 1.13. The minimum Gasteiger partial charge on any atom is -0.256 e. The monoisotopic (exact) mass is 241 g/mol. The van der Waals surface area contributed by atoms with E-state index in [9.17, 15) is 0 Å². The average molecular weight is 241 g/mol. The Labute approximate surface area is 100.0 Å². The fourth-order valence-electron chi connectivity index (χ4n) is 2.24. The largest absolute Gasteiger partial charge is 0.256 e. The highest BCUT2D eigenvalue weighted by atomic mass is 32.1. The van der Waals surface area contributed by atoms with Gasteiger partial charge in [0.15, 0.2) is 0 Å². The Balaban J connectivity index is 2.51. The molecule has 0 aliphatic rings. The molecule has 3 heterocycles. The summed E-state index contributed by atoms with van der Waals surface area (Å²) in [5.74, 6) is 0. The van der Waals surface area contributed by atoms with E-state index >= 15 is 0 Å². The van der Waals surface area contributed by atoms with Gasteiger partial charge in [0.1, 0.15) is 0 Å². The van der Waals surface area contributed by atoms with E-state index in [1.54, 1.807) is 22.7 Å². The lowest BCUT2D eigenvalue weighted by Gasteiger charge is -2.01. The maximum atomic E-state index is 4.52. The topological polar surface area (TPSA) is 12.9 Å². The first kappa shape index (κ1) is 8.67. The maximum absolute atomic E-state index is 4.52. The number of rotatable bonds is 0. The van der Waals surface area contributed by atoms with Crippen LogP contribution < -0.4 is 0 Å². The van der Waals surface area contributed by atoms with Crippen LogP contribution in [0.5, 0.6) is 0 Å². The standard InChI is InChI=1S/C13H7NS2/c1-2-8-9-4-15-5-10(9)11-6-16-7-12(11)13(8)14-3-1/h1-7H. The molecule has 0 radical (unpaired) electrons. The van der Waals surface area contributed by atoms with Crippen molar-refractivity contribution in [3.63, 3.8) is 0 Å². The lowest BCUT2D eigenvalue weighted by Crippen LogP contribution is -1.79. The van der Waals surface area contributed by atoms with Gasteiger partial charge in [0.25, 0.3) is 0 Å². The van der Waals surface area contributed by atoms with E-state index in [0.29, 0.717) is 0 Å². The lowest BCUT2D eigenvalue weighted by molar-refractivity contribution is 1.43. The molecule has 0 N–H and O–H groups in total. The number of aromatic nitrogens is 1. The molecule has 4 aromatic rings. The molecular formula is C13H7NS2. The number of benzene rings is 1. The molecule has 16 heavy (non-hydrogen) atoms. The zero-order valence-electron chi connectivity index (χ0n) is 8.31. The zero-order valence-corrected chi connectivity index (χ0v) is 9.94. The van der Waals surface area contributed by atoms with Crippen LogP contribution in [-0.2, 0) is 0 Å². The van der Waals surface area contributed by atoms with Gasteiger partial charge < -0.3 is 0 Å². The first-order valence-corrected chi connectivity index (χ1v) is 6.92. The molecule has 0 bridgehead atoms. The first-order valence-electron chi connectivity index (χ1n) is 5.03. The van der Waals surface area contributed by atoms with Crippen LogP contribution in [0.3, 0.4) is 0 Å². The van der Waals surface area contributed by atoms with Crippen molar-refractivity contribution in [3.05, 3.63) is 39.8 Å². The third-order valence-corrected chi connectivity index (χ3v) is 4.45. The molecule has 0 unspecified atom stereocenters. The number of fused-ring (bicyclic) bond motifs is 6. The van der Waals surface area contributed by atoms with E-state index in [-0.39, 0.29) is 0 Å². The molecule has 0 saturated carbocycles. The summed E-state index contributed by atoms with van der Waals surface area (Å²) in [5, 5.41) is 15.5. The van der Waals surface area contributed by atoms with Gasteiger partial charge in [-0.2, -0.15) is 22.7 Å². The van der Waals surface area contributed by atoms with Crippen LogP contribution >= 0.6 is 22.7 Å². The van der Waals surface area contributed by atoms with Crippen molar-refractivity contribution in [3.8, 4) is 0 Å². The maximum Gasteiger partial charge on any atom is 0.0795 e. The van der Waals surface area contributed by atoms with E-state index in [1.807, 2.05) is 12.3 Å². The highest BCUT2D eigenvalue weighted by Crippen LogP contribution is 2.37. The van der Waals surface area contributed by atoms with Crippen molar-refractivity contribution < 1.29 is 0 Å². The van der Waals surface area contributed by atoms with Crippen LogP contribution in [0, 0.1) is 0 Å². The van der Waals surface area contributed by atoms with Gasteiger partial charge in [-0.3, -0.25) is 4.98 Å². The van der Waals surface area contributed by atoms with Crippen molar-refractivity contribution >= 4 is 55.1 Å². The highest BCUT2D eigenvalue weighted by Gasteiger charge is 2.09. The minimum atomic E-state index is 1.13. The normalized spacial score (nSPS) is 11.8. The van der Waals surface area contributed by atoms with E-state index in [0.717, 1.165) is 5.52 Å². The molecule has 3 heteroatoms. The van der Waals surface area contributed by atoms with Gasteiger partial charge in [-0.05, 0) is 22.2 Å². The second-order valence-electron chi connectivity index (χ2n) is 3.80. The third kappa shape index (κ3) is 0.970. The Kier molecular flexibility index (Phi) is 1.64. The SMILES string of the molecule is c1cnc2c(c1)c1cscc1c1cscc12. The molecule has 0 spiro atoms. The quantitative estimate of drug-likeness (QED) is 0.436. The molecule has 0 amide bonds. The van der Waals surface area contributed by atoms with Gasteiger partial charge in [0.2, 0.25) is 0 Å². The van der Waals surface area contributed by atoms with Gasteiger partial charge in [-0.1, -0.05) is 6.07 Å². The summed E-state index contributed by atoms with van der Waals surface area (Å²) < 4.78 is 0. The summed E-state index contributed by atoms with van der Waals surface area (Å²) in [6.45, 7) is 0. The van der Waals surface area contributed by atoms with Crippen molar-refractivity contribution in [1.82, 2.24) is 4.98 Å². The van der Waals surface area contributed by atoms with E-state index in [1.165, 1.54) is 26.9 Å². The van der Waals surface area contributed by atoms with Crippen molar-refractivity contribution in [2.75, 3.05) is 0 Å². The number of pyridine rings is 1. The molecule has 1 aromatic carbocycles. The predicted octanol–water partition coefficient (Wildman–Crippen LogP) is 4.66. The van der Waals surface area contributed by atoms with Gasteiger partial charge >= 0.3 is 0 Å². The molecule has 0 saturated heterocycles. The Morgan fingerprint density at radius 3 is 2.19 bits per heavy atom. The van der Waals surface area contributed by atoms with E-state index < -0.39 is 0 Å². The lowest BCUT2D eigenvalue weighted by atomic mass is 10.0. The van der Waals surface area contributed by atoms with E-state index in [2.05, 4.69) is 32.6 Å². The summed E-state index contributed by atoms with van der Waals surface area (Å²) in [6, 6.07) is 4.17. The van der Waals surface area contributed by atoms with E-state index in [4.69, 9.17) is 0 Å². The van der Waals surface area contributed by atoms with Crippen LogP contribution in [-0.4, -0.2) is 4.98 Å². The molecule has 0 aliphatic heterocycles. The number of nitrogens with zero attached hydrogens (tertiary/aromatic N) is 1. The molecule has 0 aliphatic carbocycles. The Morgan fingerprint density at radius 2 is 1.38 bits per heavy atom. The molecule has 76 valence electrons. The molecule has 4 rings (SSSR count). The molecule has 3 aromatic heterocycles. The van der Waals surface area contributed by atoms with Gasteiger partial charge in [-0.25, -0.2) is 0 Å². The van der Waals surface area contributed by atoms with Crippen LogP contribution in [0.4, 0.5) is 0 Å². The second kappa shape index (κ2) is 3.03. The fraction of sp³-hybridized carbons (Fsp3) is 0. The molecular weight excluding hydrogens is 234 g/mol. The van der Waals surface area contributed by atoms with Crippen molar-refractivity contribution in [2.45, 2.75) is 0 Å². The highest BCUT2D eigenvalue weighted by molar-refractivity contribution is 7.11. The Hall–Kier alpha value is -1.45. The summed E-state index contributed by atoms with van der Waals surface area (Å²) in [4.78, 5) is 4.52. The van der Waals surface area contributed by atoms with Crippen molar-refractivity contribution in [1.29, 1.82) is 0 Å². The molecule has 0 atom stereocenters. The summed E-state index contributed by atoms with van der Waals surface area (Å²) >= 11 is 3.51. The summed E-state index contributed by atoms with van der Waals surface area (Å²) in [6.07, 6.45) is 1.87. The Morgan fingerprint density at radius 1 is 0.750 bits per heavy atom.